The van der Waals surface area contributed by atoms with Crippen LogP contribution in [0.3, 0.4) is 0 Å². The number of nitrogens with one attached hydrogen (secondary N) is 2. The molecule has 4 aliphatic rings. The SMILES string of the molecule is O=C(CC1C2CC3CC(C2)CC1C3)Nc1ccc2[nH]c(CCc3ccccc3)nc2c1. The highest BCUT2D eigenvalue weighted by Crippen LogP contribution is 2.57. The van der Waals surface area contributed by atoms with Crippen LogP contribution in [0.2, 0.25) is 0 Å². The van der Waals surface area contributed by atoms with E-state index in [0.717, 1.165) is 59.1 Å². The molecule has 1 amide bonds. The Bertz CT molecular complexity index is 1060. The molecular formula is C27H31N3O. The molecule has 4 fully saturated rings. The van der Waals surface area contributed by atoms with E-state index in [1.165, 1.54) is 37.7 Å². The summed E-state index contributed by atoms with van der Waals surface area (Å²) in [7, 11) is 0. The summed E-state index contributed by atoms with van der Waals surface area (Å²) < 4.78 is 0. The number of aryl methyl sites for hydroxylation is 2. The highest BCUT2D eigenvalue weighted by atomic mass is 16.1. The molecule has 1 heterocycles. The lowest BCUT2D eigenvalue weighted by Crippen LogP contribution is -2.46. The Balaban J connectivity index is 1.10. The molecule has 4 bridgehead atoms. The van der Waals surface area contributed by atoms with Crippen LogP contribution in [0.1, 0.15) is 49.9 Å². The first-order valence-corrected chi connectivity index (χ1v) is 12.0. The minimum Gasteiger partial charge on any atom is -0.342 e. The van der Waals surface area contributed by atoms with Gasteiger partial charge in [0.05, 0.1) is 11.0 Å². The highest BCUT2D eigenvalue weighted by molar-refractivity contribution is 5.93. The number of aromatic amines is 1. The van der Waals surface area contributed by atoms with Gasteiger partial charge in [-0.1, -0.05) is 30.3 Å². The molecule has 0 saturated heterocycles. The summed E-state index contributed by atoms with van der Waals surface area (Å²) in [4.78, 5) is 21.1. The molecule has 0 aliphatic heterocycles. The number of H-pyrrole nitrogens is 1. The van der Waals surface area contributed by atoms with Gasteiger partial charge >= 0.3 is 0 Å². The van der Waals surface area contributed by atoms with Crippen molar-refractivity contribution in [2.45, 2.75) is 51.4 Å². The number of hydrogen-bond donors (Lipinski definition) is 2. The first kappa shape index (κ1) is 19.1. The first-order valence-electron chi connectivity index (χ1n) is 12.0. The van der Waals surface area contributed by atoms with Crippen molar-refractivity contribution >= 4 is 22.6 Å². The number of imidazole rings is 1. The molecule has 31 heavy (non-hydrogen) atoms. The van der Waals surface area contributed by atoms with Gasteiger partial charge in [-0.2, -0.15) is 0 Å². The van der Waals surface area contributed by atoms with E-state index in [1.54, 1.807) is 0 Å². The third-order valence-corrected chi connectivity index (χ3v) is 8.15. The van der Waals surface area contributed by atoms with Crippen molar-refractivity contribution in [1.29, 1.82) is 0 Å². The average Bonchev–Trinajstić information content (AvgIpc) is 3.17. The molecule has 4 nitrogen and oxygen atoms in total. The molecule has 4 heteroatoms. The minimum atomic E-state index is 0.177. The van der Waals surface area contributed by atoms with Crippen LogP contribution in [0, 0.1) is 29.6 Å². The Morgan fingerprint density at radius 2 is 1.68 bits per heavy atom. The smallest absolute Gasteiger partial charge is 0.224 e. The van der Waals surface area contributed by atoms with Crippen LogP contribution in [0.15, 0.2) is 48.5 Å². The molecule has 2 aromatic carbocycles. The van der Waals surface area contributed by atoms with E-state index in [9.17, 15) is 4.79 Å². The fourth-order valence-electron chi connectivity index (χ4n) is 6.96. The second kappa shape index (κ2) is 7.81. The van der Waals surface area contributed by atoms with Gasteiger partial charge in [-0.25, -0.2) is 4.98 Å². The molecule has 3 aromatic rings. The van der Waals surface area contributed by atoms with Crippen molar-refractivity contribution in [1.82, 2.24) is 9.97 Å². The molecule has 1 aromatic heterocycles. The number of aromatic nitrogens is 2. The number of fused-ring (bicyclic) bond motifs is 1. The molecular weight excluding hydrogens is 382 g/mol. The number of hydrogen-bond acceptors (Lipinski definition) is 2. The van der Waals surface area contributed by atoms with E-state index in [4.69, 9.17) is 4.98 Å². The Morgan fingerprint density at radius 3 is 2.42 bits per heavy atom. The second-order valence-electron chi connectivity index (χ2n) is 10.2. The average molecular weight is 414 g/mol. The second-order valence-corrected chi connectivity index (χ2v) is 10.2. The van der Waals surface area contributed by atoms with Crippen molar-refractivity contribution < 1.29 is 4.79 Å². The topological polar surface area (TPSA) is 57.8 Å². The zero-order valence-electron chi connectivity index (χ0n) is 18.0. The van der Waals surface area contributed by atoms with Gasteiger partial charge in [-0.05, 0) is 91.9 Å². The fraction of sp³-hybridized carbons (Fsp3) is 0.481. The van der Waals surface area contributed by atoms with Gasteiger partial charge in [0.25, 0.3) is 0 Å². The lowest BCUT2D eigenvalue weighted by atomic mass is 9.51. The lowest BCUT2D eigenvalue weighted by Gasteiger charge is -2.54. The van der Waals surface area contributed by atoms with Crippen LogP contribution in [0.5, 0.6) is 0 Å². The summed E-state index contributed by atoms with van der Waals surface area (Å²) in [5.74, 6) is 5.28. The van der Waals surface area contributed by atoms with Gasteiger partial charge < -0.3 is 10.3 Å². The van der Waals surface area contributed by atoms with Crippen LogP contribution in [0.4, 0.5) is 5.69 Å². The third-order valence-electron chi connectivity index (χ3n) is 8.15. The minimum absolute atomic E-state index is 0.177. The normalized spacial score (nSPS) is 28.8. The predicted octanol–water partition coefficient (Wildman–Crippen LogP) is 5.75. The maximum atomic E-state index is 12.9. The summed E-state index contributed by atoms with van der Waals surface area (Å²) in [6.45, 7) is 0. The number of benzene rings is 2. The molecule has 0 atom stereocenters. The Morgan fingerprint density at radius 1 is 0.935 bits per heavy atom. The third kappa shape index (κ3) is 3.88. The predicted molar refractivity (Wildman–Crippen MR) is 124 cm³/mol. The van der Waals surface area contributed by atoms with Gasteiger partial charge in [0, 0.05) is 18.5 Å². The molecule has 0 radical (unpaired) electrons. The summed E-state index contributed by atoms with van der Waals surface area (Å²) in [5, 5.41) is 3.17. The molecule has 7 rings (SSSR count). The maximum Gasteiger partial charge on any atom is 0.224 e. The molecule has 2 N–H and O–H groups in total. The zero-order chi connectivity index (χ0) is 20.8. The van der Waals surface area contributed by atoms with Gasteiger partial charge in [-0.3, -0.25) is 4.79 Å². The summed E-state index contributed by atoms with van der Waals surface area (Å²) in [5.41, 5.74) is 4.14. The van der Waals surface area contributed by atoms with Crippen molar-refractivity contribution in [3.8, 4) is 0 Å². The van der Waals surface area contributed by atoms with E-state index in [-0.39, 0.29) is 5.91 Å². The Labute approximate surface area is 183 Å². The number of carbonyl (C=O) groups is 1. The quantitative estimate of drug-likeness (QED) is 0.541. The van der Waals surface area contributed by atoms with Gasteiger partial charge in [-0.15, -0.1) is 0 Å². The molecule has 4 aliphatic carbocycles. The first-order chi connectivity index (χ1) is 15.2. The standard InChI is InChI=1S/C27H31N3O/c31-27(16-23-20-11-18-10-19(13-20)14-21(23)12-18)28-22-7-8-24-25(15-22)30-26(29-24)9-6-17-4-2-1-3-5-17/h1-5,7-8,15,18-21,23H,6,9-14,16H2,(H,28,31)(H,29,30). The monoisotopic (exact) mass is 413 g/mol. The number of nitrogens with zero attached hydrogens (tertiary/aromatic N) is 1. The number of carbonyl (C=O) groups excluding carboxylic acids is 1. The summed E-state index contributed by atoms with van der Waals surface area (Å²) in [6, 6.07) is 16.5. The van der Waals surface area contributed by atoms with E-state index in [1.807, 2.05) is 24.3 Å². The van der Waals surface area contributed by atoms with Crippen LogP contribution >= 0.6 is 0 Å². The number of amides is 1. The number of rotatable bonds is 6. The van der Waals surface area contributed by atoms with Crippen molar-refractivity contribution in [2.24, 2.45) is 29.6 Å². The van der Waals surface area contributed by atoms with E-state index in [0.29, 0.717) is 12.3 Å². The molecule has 0 unspecified atom stereocenters. The van der Waals surface area contributed by atoms with Crippen molar-refractivity contribution in [2.75, 3.05) is 5.32 Å². The van der Waals surface area contributed by atoms with E-state index in [2.05, 4.69) is 34.6 Å². The summed E-state index contributed by atoms with van der Waals surface area (Å²) >= 11 is 0. The van der Waals surface area contributed by atoms with Gasteiger partial charge in [0.1, 0.15) is 5.82 Å². The van der Waals surface area contributed by atoms with Gasteiger partial charge in [0.15, 0.2) is 0 Å². The molecule has 160 valence electrons. The van der Waals surface area contributed by atoms with Crippen molar-refractivity contribution in [3.05, 3.63) is 59.9 Å². The van der Waals surface area contributed by atoms with E-state index >= 15 is 0 Å². The zero-order valence-corrected chi connectivity index (χ0v) is 18.0. The highest BCUT2D eigenvalue weighted by Gasteiger charge is 2.48. The maximum absolute atomic E-state index is 12.9. The Kier molecular flexibility index (Phi) is 4.81. The summed E-state index contributed by atoms with van der Waals surface area (Å²) in [6.07, 6.45) is 9.49. The van der Waals surface area contributed by atoms with Crippen LogP contribution < -0.4 is 5.32 Å². The van der Waals surface area contributed by atoms with Crippen LogP contribution in [0.25, 0.3) is 11.0 Å². The molecule has 4 saturated carbocycles. The fourth-order valence-corrected chi connectivity index (χ4v) is 6.96. The van der Waals surface area contributed by atoms with E-state index < -0.39 is 0 Å². The largest absolute Gasteiger partial charge is 0.342 e. The Hall–Kier alpha value is -2.62. The van der Waals surface area contributed by atoms with Crippen LogP contribution in [-0.2, 0) is 17.6 Å². The van der Waals surface area contributed by atoms with Crippen LogP contribution in [-0.4, -0.2) is 15.9 Å². The lowest BCUT2D eigenvalue weighted by molar-refractivity contribution is -0.121. The van der Waals surface area contributed by atoms with Crippen molar-refractivity contribution in [3.63, 3.8) is 0 Å². The van der Waals surface area contributed by atoms with Gasteiger partial charge in [0.2, 0.25) is 5.91 Å². The molecule has 0 spiro atoms. The number of anilines is 1.